The molecular formula is C28H28BNO2. The molecule has 0 bridgehead atoms. The quantitative estimate of drug-likeness (QED) is 0.400. The maximum absolute atomic E-state index is 9.43. The topological polar surface area (TPSA) is 43.7 Å². The van der Waals surface area contributed by atoms with Crippen molar-refractivity contribution in [3.63, 3.8) is 0 Å². The van der Waals surface area contributed by atoms with Crippen LogP contribution in [0.3, 0.4) is 0 Å². The van der Waals surface area contributed by atoms with Gasteiger partial charge in [-0.25, -0.2) is 0 Å². The molecule has 32 heavy (non-hydrogen) atoms. The maximum atomic E-state index is 9.43. The molecule has 4 heteroatoms. The Bertz CT molecular complexity index is 1150. The molecule has 3 nitrogen and oxygen atoms in total. The van der Waals surface area contributed by atoms with Crippen molar-refractivity contribution in [1.82, 2.24) is 0 Å². The molecule has 0 atom stereocenters. The molecule has 0 saturated carbocycles. The molecule has 0 heterocycles. The number of nitrogens with zero attached hydrogens (tertiary/aromatic N) is 1. The van der Waals surface area contributed by atoms with Crippen LogP contribution in [0.5, 0.6) is 0 Å². The van der Waals surface area contributed by atoms with Crippen LogP contribution in [0, 0.1) is 0 Å². The average molecular weight is 421 g/mol. The van der Waals surface area contributed by atoms with Crippen LogP contribution in [0.2, 0.25) is 0 Å². The first kappa shape index (κ1) is 21.9. The van der Waals surface area contributed by atoms with Gasteiger partial charge < -0.3 is 14.9 Å². The van der Waals surface area contributed by atoms with Gasteiger partial charge in [0.2, 0.25) is 0 Å². The highest BCUT2D eigenvalue weighted by atomic mass is 16.4. The highest BCUT2D eigenvalue weighted by Gasteiger charge is 2.16. The molecule has 0 saturated heterocycles. The number of hydrogen-bond donors (Lipinski definition) is 2. The fraction of sp³-hybridized carbons (Fsp3) is 0.143. The largest absolute Gasteiger partial charge is 0.488 e. The van der Waals surface area contributed by atoms with E-state index in [1.54, 1.807) is 12.1 Å². The minimum atomic E-state index is -1.47. The summed E-state index contributed by atoms with van der Waals surface area (Å²) in [6.07, 6.45) is 0. The van der Waals surface area contributed by atoms with Gasteiger partial charge in [-0.3, -0.25) is 0 Å². The summed E-state index contributed by atoms with van der Waals surface area (Å²) in [7, 11) is -1.47. The van der Waals surface area contributed by atoms with Gasteiger partial charge in [0.25, 0.3) is 0 Å². The van der Waals surface area contributed by atoms with E-state index in [2.05, 4.69) is 86.3 Å². The van der Waals surface area contributed by atoms with Gasteiger partial charge in [-0.1, -0.05) is 87.5 Å². The lowest BCUT2D eigenvalue weighted by Gasteiger charge is -2.26. The van der Waals surface area contributed by atoms with Crippen LogP contribution in [0.4, 0.5) is 17.1 Å². The molecule has 4 rings (SSSR count). The molecule has 0 amide bonds. The van der Waals surface area contributed by atoms with E-state index in [1.807, 2.05) is 30.3 Å². The summed E-state index contributed by atoms with van der Waals surface area (Å²) >= 11 is 0. The second-order valence-corrected chi connectivity index (χ2v) is 9.01. The van der Waals surface area contributed by atoms with Gasteiger partial charge in [-0.2, -0.15) is 0 Å². The summed E-state index contributed by atoms with van der Waals surface area (Å²) < 4.78 is 0. The predicted octanol–water partition coefficient (Wildman–Crippen LogP) is 5.80. The molecule has 0 fully saturated rings. The lowest BCUT2D eigenvalue weighted by molar-refractivity contribution is 0.426. The first-order valence-electron chi connectivity index (χ1n) is 10.9. The Morgan fingerprint density at radius 3 is 1.47 bits per heavy atom. The highest BCUT2D eigenvalue weighted by molar-refractivity contribution is 6.58. The van der Waals surface area contributed by atoms with Gasteiger partial charge in [0.1, 0.15) is 0 Å². The smallest absolute Gasteiger partial charge is 0.423 e. The second-order valence-electron chi connectivity index (χ2n) is 9.01. The van der Waals surface area contributed by atoms with Crippen molar-refractivity contribution in [2.45, 2.75) is 26.2 Å². The molecule has 4 aromatic rings. The van der Waals surface area contributed by atoms with Gasteiger partial charge in [0.05, 0.1) is 0 Å². The van der Waals surface area contributed by atoms with Crippen molar-refractivity contribution in [3.05, 3.63) is 109 Å². The molecular weight excluding hydrogens is 393 g/mol. The normalized spacial score (nSPS) is 11.3. The van der Waals surface area contributed by atoms with Crippen molar-refractivity contribution < 1.29 is 10.0 Å². The standard InChI is InChI=1S/C28H28BNO2/c1-28(2,3)23-13-9-21(10-14-23)22-11-17-26(18-12-22)30(25-7-5-4-6-8-25)27-19-15-24(16-20-27)29(31)32/h4-20,31-32H,1-3H3. The Morgan fingerprint density at radius 2 is 1.00 bits per heavy atom. The van der Waals surface area contributed by atoms with E-state index >= 15 is 0 Å². The first-order chi connectivity index (χ1) is 15.3. The monoisotopic (exact) mass is 421 g/mol. The van der Waals surface area contributed by atoms with E-state index in [0.29, 0.717) is 5.46 Å². The minimum absolute atomic E-state index is 0.139. The molecule has 4 aromatic carbocycles. The number of benzene rings is 4. The van der Waals surface area contributed by atoms with Crippen molar-refractivity contribution in [2.24, 2.45) is 0 Å². The first-order valence-corrected chi connectivity index (χ1v) is 10.9. The van der Waals surface area contributed by atoms with Crippen LogP contribution >= 0.6 is 0 Å². The molecule has 0 aliphatic heterocycles. The van der Waals surface area contributed by atoms with Crippen LogP contribution in [0.1, 0.15) is 26.3 Å². The number of hydrogen-bond acceptors (Lipinski definition) is 3. The van der Waals surface area contributed by atoms with Gasteiger partial charge >= 0.3 is 7.12 Å². The summed E-state index contributed by atoms with van der Waals surface area (Å²) in [4.78, 5) is 2.15. The highest BCUT2D eigenvalue weighted by Crippen LogP contribution is 2.35. The summed E-state index contributed by atoms with van der Waals surface area (Å²) in [6.45, 7) is 6.67. The second kappa shape index (κ2) is 9.03. The van der Waals surface area contributed by atoms with Gasteiger partial charge in [0, 0.05) is 17.1 Å². The fourth-order valence-corrected chi connectivity index (χ4v) is 3.79. The number of para-hydroxylation sites is 1. The van der Waals surface area contributed by atoms with E-state index in [-0.39, 0.29) is 5.41 Å². The summed E-state index contributed by atoms with van der Waals surface area (Å²) in [5, 5.41) is 18.9. The van der Waals surface area contributed by atoms with Gasteiger partial charge in [0.15, 0.2) is 0 Å². The molecule has 2 N–H and O–H groups in total. The maximum Gasteiger partial charge on any atom is 0.488 e. The third kappa shape index (κ3) is 4.77. The van der Waals surface area contributed by atoms with Crippen molar-refractivity contribution in [2.75, 3.05) is 4.90 Å². The summed E-state index contributed by atoms with van der Waals surface area (Å²) in [5.74, 6) is 0. The zero-order valence-electron chi connectivity index (χ0n) is 18.7. The Kier molecular flexibility index (Phi) is 6.18. The Labute approximate surface area is 190 Å². The molecule has 0 aliphatic rings. The summed E-state index contributed by atoms with van der Waals surface area (Å²) in [5.41, 5.74) is 7.30. The van der Waals surface area contributed by atoms with Crippen LogP contribution in [0.25, 0.3) is 11.1 Å². The molecule has 0 radical (unpaired) electrons. The number of rotatable bonds is 5. The van der Waals surface area contributed by atoms with Crippen LogP contribution < -0.4 is 10.4 Å². The lowest BCUT2D eigenvalue weighted by atomic mass is 9.80. The minimum Gasteiger partial charge on any atom is -0.423 e. The van der Waals surface area contributed by atoms with E-state index in [1.165, 1.54) is 16.7 Å². The van der Waals surface area contributed by atoms with Gasteiger partial charge in [-0.15, -0.1) is 0 Å². The van der Waals surface area contributed by atoms with E-state index in [4.69, 9.17) is 0 Å². The third-order valence-corrected chi connectivity index (χ3v) is 5.67. The van der Waals surface area contributed by atoms with Crippen molar-refractivity contribution in [3.8, 4) is 11.1 Å². The molecule has 160 valence electrons. The lowest BCUT2D eigenvalue weighted by Crippen LogP contribution is -2.29. The van der Waals surface area contributed by atoms with Crippen LogP contribution in [-0.2, 0) is 5.41 Å². The molecule has 0 unspecified atom stereocenters. The van der Waals surface area contributed by atoms with E-state index in [0.717, 1.165) is 17.1 Å². The number of anilines is 3. The zero-order chi connectivity index (χ0) is 22.7. The molecule has 0 spiro atoms. The Hall–Kier alpha value is -3.34. The molecule has 0 aromatic heterocycles. The van der Waals surface area contributed by atoms with Crippen LogP contribution in [0.15, 0.2) is 103 Å². The van der Waals surface area contributed by atoms with Crippen LogP contribution in [-0.4, -0.2) is 17.2 Å². The zero-order valence-corrected chi connectivity index (χ0v) is 18.7. The van der Waals surface area contributed by atoms with E-state index < -0.39 is 7.12 Å². The summed E-state index contributed by atoms with van der Waals surface area (Å²) in [6, 6.07) is 34.7. The Balaban J connectivity index is 1.68. The third-order valence-electron chi connectivity index (χ3n) is 5.67. The predicted molar refractivity (Wildman–Crippen MR) is 135 cm³/mol. The van der Waals surface area contributed by atoms with E-state index in [9.17, 15) is 10.0 Å². The molecule has 0 aliphatic carbocycles. The SMILES string of the molecule is CC(C)(C)c1ccc(-c2ccc(N(c3ccccc3)c3ccc(B(O)O)cc3)cc2)cc1. The Morgan fingerprint density at radius 1 is 0.562 bits per heavy atom. The fourth-order valence-electron chi connectivity index (χ4n) is 3.79. The average Bonchev–Trinajstić information content (AvgIpc) is 2.80. The van der Waals surface area contributed by atoms with Gasteiger partial charge in [-0.05, 0) is 64.0 Å². The van der Waals surface area contributed by atoms with Crippen molar-refractivity contribution >= 4 is 29.6 Å². The van der Waals surface area contributed by atoms with Crippen molar-refractivity contribution in [1.29, 1.82) is 0 Å².